The Morgan fingerprint density at radius 3 is 2.38 bits per heavy atom. The molecule has 2 fully saturated rings. The second-order valence-corrected chi connectivity index (χ2v) is 9.38. The Morgan fingerprint density at radius 2 is 1.85 bits per heavy atom. The van der Waals surface area contributed by atoms with Crippen LogP contribution in [-0.4, -0.2) is 73.7 Å². The zero-order valence-electron chi connectivity index (χ0n) is 19.9. The third-order valence-electron chi connectivity index (χ3n) is 6.09. The fraction of sp³-hybridized carbons (Fsp3) is 0.480. The Hall–Kier alpha value is -2.19. The number of nitrogens with one attached hydrogen (secondary N) is 2. The summed E-state index contributed by atoms with van der Waals surface area (Å²) in [5.74, 6) is 0.168. The van der Waals surface area contributed by atoms with Gasteiger partial charge in [-0.15, -0.1) is 0 Å². The zero-order chi connectivity index (χ0) is 25.1. The van der Waals surface area contributed by atoms with Gasteiger partial charge in [0.2, 0.25) is 5.91 Å². The number of nitrogens with zero attached hydrogens (tertiary/aromatic N) is 2. The second-order valence-electron chi connectivity index (χ2n) is 8.57. The highest BCUT2D eigenvalue weighted by Gasteiger charge is 2.29. The minimum absolute atomic E-state index is 0.0148. The molecular weight excluding hydrogens is 475 g/mol. The van der Waals surface area contributed by atoms with Gasteiger partial charge in [0.25, 0.3) is 5.91 Å². The molecule has 0 aromatic heterocycles. The number of aldehydes is 1. The number of amides is 2. The van der Waals surface area contributed by atoms with Gasteiger partial charge in [0, 0.05) is 31.3 Å². The number of halogens is 2. The van der Waals surface area contributed by atoms with Crippen molar-refractivity contribution in [3.05, 3.63) is 58.2 Å². The monoisotopic (exact) mass is 508 g/mol. The molecule has 186 valence electrons. The Labute approximate surface area is 212 Å². The second kappa shape index (κ2) is 14.3. The summed E-state index contributed by atoms with van der Waals surface area (Å²) in [6, 6.07) is 5.26. The van der Waals surface area contributed by atoms with Gasteiger partial charge in [0.05, 0.1) is 16.6 Å². The molecule has 0 radical (unpaired) electrons. The van der Waals surface area contributed by atoms with Gasteiger partial charge in [-0.25, -0.2) is 0 Å². The molecule has 2 N–H and O–H groups in total. The molecule has 0 aliphatic carbocycles. The smallest absolute Gasteiger partial charge is 0.251 e. The molecule has 0 spiro atoms. The van der Waals surface area contributed by atoms with Crippen molar-refractivity contribution in [2.45, 2.75) is 32.2 Å². The van der Waals surface area contributed by atoms with E-state index in [-0.39, 0.29) is 18.4 Å². The van der Waals surface area contributed by atoms with Crippen molar-refractivity contribution in [3.8, 4) is 0 Å². The van der Waals surface area contributed by atoms with Crippen LogP contribution in [0.4, 0.5) is 0 Å². The first-order valence-corrected chi connectivity index (χ1v) is 12.2. The summed E-state index contributed by atoms with van der Waals surface area (Å²) in [5.41, 5.74) is 1.55. The van der Waals surface area contributed by atoms with E-state index in [2.05, 4.69) is 34.1 Å². The van der Waals surface area contributed by atoms with E-state index >= 15 is 0 Å². The van der Waals surface area contributed by atoms with Gasteiger partial charge >= 0.3 is 0 Å². The third kappa shape index (κ3) is 8.87. The molecule has 2 amide bonds. The highest BCUT2D eigenvalue weighted by atomic mass is 35.5. The standard InChI is InChI=1S/C16H27N3O.C9H7Cl2NO2/c1-4-14(11-17-13(2)20)15-5-9-19(10-6-15)16-7-8-18(3)12-16;10-7-2-1-6(5-8(7)11)9(14)12-3-4-13/h4,11,15-16H,1,5-10,12H2,2-3H3,(H,17,20);1-2,4-5H,3H2,(H,12,14)/b14-11+;. The molecule has 0 bridgehead atoms. The number of likely N-dealkylation sites (tertiary alicyclic amines) is 2. The fourth-order valence-electron chi connectivity index (χ4n) is 4.21. The highest BCUT2D eigenvalue weighted by Crippen LogP contribution is 2.28. The molecule has 7 nitrogen and oxygen atoms in total. The van der Waals surface area contributed by atoms with Crippen molar-refractivity contribution >= 4 is 41.3 Å². The number of carbonyl (C=O) groups is 3. The van der Waals surface area contributed by atoms with E-state index in [1.807, 2.05) is 12.3 Å². The number of benzene rings is 1. The first-order valence-electron chi connectivity index (χ1n) is 11.4. The van der Waals surface area contributed by atoms with Crippen molar-refractivity contribution in [1.29, 1.82) is 0 Å². The van der Waals surface area contributed by atoms with Gasteiger partial charge in [-0.2, -0.15) is 0 Å². The lowest BCUT2D eigenvalue weighted by Crippen LogP contribution is -2.42. The number of hydrogen-bond acceptors (Lipinski definition) is 5. The molecule has 3 rings (SSSR count). The van der Waals surface area contributed by atoms with E-state index in [4.69, 9.17) is 23.2 Å². The van der Waals surface area contributed by atoms with Crippen LogP contribution in [0.25, 0.3) is 0 Å². The van der Waals surface area contributed by atoms with Crippen LogP contribution in [0.1, 0.15) is 36.5 Å². The average Bonchev–Trinajstić information content (AvgIpc) is 3.26. The number of rotatable bonds is 7. The Bertz CT molecular complexity index is 898. The quantitative estimate of drug-likeness (QED) is 0.434. The van der Waals surface area contributed by atoms with Crippen molar-refractivity contribution in [2.24, 2.45) is 5.92 Å². The molecule has 1 aromatic carbocycles. The maximum atomic E-state index is 11.3. The molecule has 2 saturated heterocycles. The normalized spacial score (nSPS) is 19.6. The molecule has 1 atom stereocenters. The predicted octanol–water partition coefficient (Wildman–Crippen LogP) is 3.53. The molecule has 0 saturated carbocycles. The van der Waals surface area contributed by atoms with Crippen molar-refractivity contribution in [1.82, 2.24) is 20.4 Å². The lowest BCUT2D eigenvalue weighted by Gasteiger charge is -2.36. The maximum Gasteiger partial charge on any atom is 0.251 e. The van der Waals surface area contributed by atoms with Gasteiger partial charge in [-0.1, -0.05) is 35.9 Å². The molecule has 2 aliphatic rings. The van der Waals surface area contributed by atoms with Crippen molar-refractivity contribution in [2.75, 3.05) is 39.8 Å². The molecule has 34 heavy (non-hydrogen) atoms. The number of carbonyl (C=O) groups excluding carboxylic acids is 3. The van der Waals surface area contributed by atoms with Gasteiger partial charge < -0.3 is 20.3 Å². The molecule has 1 unspecified atom stereocenters. The van der Waals surface area contributed by atoms with Crippen molar-refractivity contribution < 1.29 is 14.4 Å². The minimum Gasteiger partial charge on any atom is -0.345 e. The van der Waals surface area contributed by atoms with Crippen LogP contribution in [0.2, 0.25) is 10.0 Å². The molecule has 2 heterocycles. The van der Waals surface area contributed by atoms with E-state index in [1.165, 1.54) is 50.2 Å². The molecule has 9 heteroatoms. The lowest BCUT2D eigenvalue weighted by molar-refractivity contribution is -0.118. The Balaban J connectivity index is 0.000000257. The minimum atomic E-state index is -0.351. The first-order chi connectivity index (χ1) is 16.2. The summed E-state index contributed by atoms with van der Waals surface area (Å²) in [7, 11) is 2.21. The predicted molar refractivity (Wildman–Crippen MR) is 137 cm³/mol. The Kier molecular flexibility index (Phi) is 11.8. The third-order valence-corrected chi connectivity index (χ3v) is 6.83. The van der Waals surface area contributed by atoms with Gasteiger partial charge in [-0.05, 0) is 75.6 Å². The molecular formula is C25H34Cl2N4O3. The van der Waals surface area contributed by atoms with Crippen LogP contribution >= 0.6 is 23.2 Å². The summed E-state index contributed by atoms with van der Waals surface area (Å²) in [4.78, 5) is 37.4. The highest BCUT2D eigenvalue weighted by molar-refractivity contribution is 6.42. The van der Waals surface area contributed by atoms with Crippen LogP contribution in [0.3, 0.4) is 0 Å². The van der Waals surface area contributed by atoms with E-state index < -0.39 is 0 Å². The zero-order valence-corrected chi connectivity index (χ0v) is 21.4. The van der Waals surface area contributed by atoms with Gasteiger partial charge in [0.1, 0.15) is 6.29 Å². The Morgan fingerprint density at radius 1 is 1.15 bits per heavy atom. The number of hydrogen-bond donors (Lipinski definition) is 2. The number of likely N-dealkylation sites (N-methyl/N-ethyl adjacent to an activating group) is 1. The summed E-state index contributed by atoms with van der Waals surface area (Å²) < 4.78 is 0. The van der Waals surface area contributed by atoms with E-state index in [0.717, 1.165) is 32.0 Å². The molecule has 1 aromatic rings. The lowest BCUT2D eigenvalue weighted by atomic mass is 9.89. The summed E-state index contributed by atoms with van der Waals surface area (Å²) >= 11 is 11.4. The fourth-order valence-corrected chi connectivity index (χ4v) is 4.51. The molecule has 2 aliphatic heterocycles. The van der Waals surface area contributed by atoms with Gasteiger partial charge in [0.15, 0.2) is 0 Å². The van der Waals surface area contributed by atoms with E-state index in [1.54, 1.807) is 0 Å². The largest absolute Gasteiger partial charge is 0.345 e. The average molecular weight is 509 g/mol. The van der Waals surface area contributed by atoms with E-state index in [0.29, 0.717) is 27.8 Å². The van der Waals surface area contributed by atoms with Crippen molar-refractivity contribution in [3.63, 3.8) is 0 Å². The van der Waals surface area contributed by atoms with Crippen LogP contribution in [0, 0.1) is 5.92 Å². The maximum absolute atomic E-state index is 11.3. The van der Waals surface area contributed by atoms with Gasteiger partial charge in [-0.3, -0.25) is 14.5 Å². The summed E-state index contributed by atoms with van der Waals surface area (Å²) in [5, 5.41) is 5.86. The van der Waals surface area contributed by atoms with E-state index in [9.17, 15) is 14.4 Å². The summed E-state index contributed by atoms with van der Waals surface area (Å²) in [6.45, 7) is 10.2. The number of piperidine rings is 1. The van der Waals surface area contributed by atoms with Crippen LogP contribution in [0.15, 0.2) is 42.6 Å². The van der Waals surface area contributed by atoms with Crippen LogP contribution in [-0.2, 0) is 9.59 Å². The number of allylic oxidation sites excluding steroid dienone is 2. The van der Waals surface area contributed by atoms with Crippen LogP contribution in [0.5, 0.6) is 0 Å². The van der Waals surface area contributed by atoms with Crippen LogP contribution < -0.4 is 10.6 Å². The first kappa shape index (κ1) is 28.1. The summed E-state index contributed by atoms with van der Waals surface area (Å²) in [6.07, 6.45) is 7.96. The topological polar surface area (TPSA) is 81.8 Å². The SMILES string of the molecule is C=C/C(=C\NC(C)=O)C1CCN(C2CCN(C)C2)CC1.O=CCNC(=O)c1ccc(Cl)c(Cl)c1.